The molecule has 1 atom stereocenters. The minimum Gasteiger partial charge on any atom is -0.493 e. The fourth-order valence-electron chi connectivity index (χ4n) is 5.39. The molecular formula is C30H38N2O. The van der Waals surface area contributed by atoms with Crippen LogP contribution >= 0.6 is 0 Å². The van der Waals surface area contributed by atoms with E-state index in [0.717, 1.165) is 36.5 Å². The van der Waals surface area contributed by atoms with Crippen molar-refractivity contribution in [2.75, 3.05) is 13.7 Å². The van der Waals surface area contributed by atoms with Crippen LogP contribution in [0.5, 0.6) is 5.75 Å². The third-order valence-corrected chi connectivity index (χ3v) is 7.12. The lowest BCUT2D eigenvalue weighted by Gasteiger charge is -2.34. The largest absolute Gasteiger partial charge is 0.493 e. The van der Waals surface area contributed by atoms with Gasteiger partial charge in [0.1, 0.15) is 5.75 Å². The van der Waals surface area contributed by atoms with Crippen LogP contribution in [0.3, 0.4) is 0 Å². The standard InChI is InChI=1S/C30H38N2O/c1-6-22-14-11-15-23(7-2)30(22)27-19-29(33-8-3)26(21(4)31-27)20-32(5)28-18-12-16-24-13-9-10-17-25(24)28/h9-11,13-15,17,19,28H,6-8,12,16,18,20H2,1-5H3/t28-/m1/s1. The van der Waals surface area contributed by atoms with Gasteiger partial charge in [0.05, 0.1) is 12.3 Å². The summed E-state index contributed by atoms with van der Waals surface area (Å²) in [4.78, 5) is 7.63. The number of hydrogen-bond acceptors (Lipinski definition) is 3. The first-order chi connectivity index (χ1) is 16.1. The van der Waals surface area contributed by atoms with Crippen LogP contribution in [-0.4, -0.2) is 23.5 Å². The van der Waals surface area contributed by atoms with Crippen LogP contribution in [0.25, 0.3) is 11.3 Å². The highest BCUT2D eigenvalue weighted by molar-refractivity contribution is 5.70. The van der Waals surface area contributed by atoms with E-state index in [1.807, 2.05) is 0 Å². The third-order valence-electron chi connectivity index (χ3n) is 7.12. The van der Waals surface area contributed by atoms with Crippen LogP contribution in [-0.2, 0) is 25.8 Å². The summed E-state index contributed by atoms with van der Waals surface area (Å²) in [5, 5.41) is 0. The van der Waals surface area contributed by atoms with Crippen molar-refractivity contribution in [3.8, 4) is 17.0 Å². The molecule has 3 nitrogen and oxygen atoms in total. The molecular weight excluding hydrogens is 404 g/mol. The lowest BCUT2D eigenvalue weighted by atomic mass is 9.87. The Morgan fingerprint density at radius 1 is 1.00 bits per heavy atom. The van der Waals surface area contributed by atoms with Crippen molar-refractivity contribution < 1.29 is 4.74 Å². The van der Waals surface area contributed by atoms with Crippen LogP contribution in [0.1, 0.15) is 73.2 Å². The topological polar surface area (TPSA) is 25.4 Å². The van der Waals surface area contributed by atoms with Gasteiger partial charge in [-0.05, 0) is 75.3 Å². The number of pyridine rings is 1. The molecule has 33 heavy (non-hydrogen) atoms. The van der Waals surface area contributed by atoms with Gasteiger partial charge in [0.15, 0.2) is 0 Å². The van der Waals surface area contributed by atoms with Crippen LogP contribution in [0, 0.1) is 6.92 Å². The number of aromatic nitrogens is 1. The maximum Gasteiger partial charge on any atom is 0.127 e. The fraction of sp³-hybridized carbons (Fsp3) is 0.433. The maximum atomic E-state index is 6.22. The molecule has 2 aromatic carbocycles. The van der Waals surface area contributed by atoms with E-state index in [9.17, 15) is 0 Å². The zero-order valence-corrected chi connectivity index (χ0v) is 20.9. The first-order valence-electron chi connectivity index (χ1n) is 12.6. The summed E-state index contributed by atoms with van der Waals surface area (Å²) in [6.45, 7) is 10.1. The predicted molar refractivity (Wildman–Crippen MR) is 138 cm³/mol. The molecule has 1 aromatic heterocycles. The van der Waals surface area contributed by atoms with Crippen molar-refractivity contribution in [2.24, 2.45) is 0 Å². The SMILES string of the molecule is CCOc1cc(-c2c(CC)cccc2CC)nc(C)c1CN(C)[C@@H]1CCCc2ccccc21. The van der Waals surface area contributed by atoms with Crippen molar-refractivity contribution in [3.05, 3.63) is 82.0 Å². The summed E-state index contributed by atoms with van der Waals surface area (Å²) < 4.78 is 6.22. The molecule has 0 aliphatic heterocycles. The molecule has 0 saturated heterocycles. The number of nitrogens with zero attached hydrogens (tertiary/aromatic N) is 2. The predicted octanol–water partition coefficient (Wildman–Crippen LogP) is 7.09. The fourth-order valence-corrected chi connectivity index (χ4v) is 5.39. The van der Waals surface area contributed by atoms with Crippen LogP contribution < -0.4 is 4.74 Å². The Morgan fingerprint density at radius 3 is 2.42 bits per heavy atom. The van der Waals surface area contributed by atoms with Crippen molar-refractivity contribution in [2.45, 2.75) is 72.4 Å². The summed E-state index contributed by atoms with van der Waals surface area (Å²) in [5.74, 6) is 0.976. The van der Waals surface area contributed by atoms with E-state index < -0.39 is 0 Å². The van der Waals surface area contributed by atoms with Gasteiger partial charge >= 0.3 is 0 Å². The van der Waals surface area contributed by atoms with Crippen LogP contribution in [0.15, 0.2) is 48.5 Å². The minimum atomic E-state index is 0.441. The van der Waals surface area contributed by atoms with Gasteiger partial charge in [-0.3, -0.25) is 9.88 Å². The molecule has 174 valence electrons. The molecule has 1 heterocycles. The monoisotopic (exact) mass is 442 g/mol. The second kappa shape index (κ2) is 10.5. The summed E-state index contributed by atoms with van der Waals surface area (Å²) in [5.41, 5.74) is 10.3. The van der Waals surface area contributed by atoms with E-state index in [1.165, 1.54) is 52.6 Å². The lowest BCUT2D eigenvalue weighted by molar-refractivity contribution is 0.208. The highest BCUT2D eigenvalue weighted by Gasteiger charge is 2.25. The Balaban J connectivity index is 1.71. The van der Waals surface area contributed by atoms with Crippen molar-refractivity contribution >= 4 is 0 Å². The minimum absolute atomic E-state index is 0.441. The second-order valence-electron chi connectivity index (χ2n) is 9.18. The number of aryl methyl sites for hydroxylation is 4. The van der Waals surface area contributed by atoms with Crippen LogP contribution in [0.4, 0.5) is 0 Å². The molecule has 0 bridgehead atoms. The summed E-state index contributed by atoms with van der Waals surface area (Å²) >= 11 is 0. The quantitative estimate of drug-likeness (QED) is 0.372. The summed E-state index contributed by atoms with van der Waals surface area (Å²) in [6.07, 6.45) is 5.63. The Bertz CT molecular complexity index is 1080. The Labute approximate surface area is 199 Å². The van der Waals surface area contributed by atoms with Crippen molar-refractivity contribution in [3.63, 3.8) is 0 Å². The molecule has 0 N–H and O–H groups in total. The van der Waals surface area contributed by atoms with Gasteiger partial charge in [0.2, 0.25) is 0 Å². The highest BCUT2D eigenvalue weighted by atomic mass is 16.5. The maximum absolute atomic E-state index is 6.22. The van der Waals surface area contributed by atoms with E-state index >= 15 is 0 Å². The molecule has 1 aliphatic carbocycles. The molecule has 3 heteroatoms. The van der Waals surface area contributed by atoms with E-state index in [2.05, 4.69) is 88.2 Å². The number of benzene rings is 2. The molecule has 0 unspecified atom stereocenters. The number of fused-ring (bicyclic) bond motifs is 1. The average molecular weight is 443 g/mol. The Hall–Kier alpha value is -2.65. The summed E-state index contributed by atoms with van der Waals surface area (Å²) in [7, 11) is 2.25. The van der Waals surface area contributed by atoms with Gasteiger partial charge in [-0.2, -0.15) is 0 Å². The van der Waals surface area contributed by atoms with Crippen molar-refractivity contribution in [1.82, 2.24) is 9.88 Å². The smallest absolute Gasteiger partial charge is 0.127 e. The molecule has 0 fully saturated rings. The number of ether oxygens (including phenoxy) is 1. The first kappa shape index (κ1) is 23.5. The Kier molecular flexibility index (Phi) is 7.49. The van der Waals surface area contributed by atoms with Gasteiger partial charge in [-0.25, -0.2) is 0 Å². The van der Waals surface area contributed by atoms with E-state index in [-0.39, 0.29) is 0 Å². The van der Waals surface area contributed by atoms with Crippen LogP contribution in [0.2, 0.25) is 0 Å². The molecule has 0 spiro atoms. The van der Waals surface area contributed by atoms with Gasteiger partial charge in [0, 0.05) is 35.5 Å². The first-order valence-corrected chi connectivity index (χ1v) is 12.6. The molecule has 0 radical (unpaired) electrons. The molecule has 4 rings (SSSR count). The van der Waals surface area contributed by atoms with Gasteiger partial charge in [-0.1, -0.05) is 56.3 Å². The lowest BCUT2D eigenvalue weighted by Crippen LogP contribution is -2.28. The van der Waals surface area contributed by atoms with Gasteiger partial charge < -0.3 is 4.74 Å². The second-order valence-corrected chi connectivity index (χ2v) is 9.18. The average Bonchev–Trinajstić information content (AvgIpc) is 2.85. The normalized spacial score (nSPS) is 15.5. The summed E-state index contributed by atoms with van der Waals surface area (Å²) in [6, 6.07) is 18.2. The zero-order valence-electron chi connectivity index (χ0n) is 20.9. The van der Waals surface area contributed by atoms with Gasteiger partial charge in [-0.15, -0.1) is 0 Å². The van der Waals surface area contributed by atoms with Gasteiger partial charge in [0.25, 0.3) is 0 Å². The third kappa shape index (κ3) is 4.84. The number of rotatable bonds is 8. The molecule has 3 aromatic rings. The molecule has 0 amide bonds. The van der Waals surface area contributed by atoms with Crippen molar-refractivity contribution in [1.29, 1.82) is 0 Å². The Morgan fingerprint density at radius 2 is 1.73 bits per heavy atom. The van der Waals surface area contributed by atoms with E-state index in [4.69, 9.17) is 9.72 Å². The number of hydrogen-bond donors (Lipinski definition) is 0. The zero-order chi connectivity index (χ0) is 23.4. The molecule has 1 aliphatic rings. The van der Waals surface area contributed by atoms with E-state index in [1.54, 1.807) is 0 Å². The molecule has 0 saturated carbocycles. The van der Waals surface area contributed by atoms with E-state index in [0.29, 0.717) is 12.6 Å². The highest BCUT2D eigenvalue weighted by Crippen LogP contribution is 2.37.